The Kier molecular flexibility index (Phi) is 5.99. The van der Waals surface area contributed by atoms with E-state index >= 15 is 0 Å². The SMILES string of the molecule is C[C@]1(OP(=O)(O)O)CO[C@H](c2ccccc2)O[C@@H]1COP(=O)(O)O. The molecular formula is C12H18O10P2. The van der Waals surface area contributed by atoms with Gasteiger partial charge in [0.2, 0.25) is 0 Å². The first-order chi connectivity index (χ1) is 11.0. The van der Waals surface area contributed by atoms with Gasteiger partial charge in [0.05, 0.1) is 13.2 Å². The lowest BCUT2D eigenvalue weighted by atomic mass is 9.99. The van der Waals surface area contributed by atoms with Crippen molar-refractivity contribution < 1.29 is 47.2 Å². The minimum Gasteiger partial charge on any atom is -0.345 e. The monoisotopic (exact) mass is 384 g/mol. The molecule has 24 heavy (non-hydrogen) atoms. The van der Waals surface area contributed by atoms with Crippen molar-refractivity contribution in [2.24, 2.45) is 0 Å². The molecule has 1 aliphatic rings. The molecule has 10 nitrogen and oxygen atoms in total. The standard InChI is InChI=1S/C12H18O10P2/c1-12(22-24(16,17)18)8-19-11(9-5-3-2-4-6-9)21-10(12)7-20-23(13,14)15/h2-6,10-11H,7-8H2,1H3,(H2,13,14,15)(H2,16,17,18)/t10-,11+,12+/m1/s1. The van der Waals surface area contributed by atoms with Crippen molar-refractivity contribution in [1.82, 2.24) is 0 Å². The summed E-state index contributed by atoms with van der Waals surface area (Å²) in [6, 6.07) is 8.67. The highest BCUT2D eigenvalue weighted by Gasteiger charge is 2.48. The molecule has 1 saturated heterocycles. The van der Waals surface area contributed by atoms with Gasteiger partial charge >= 0.3 is 15.6 Å². The molecule has 1 aromatic rings. The van der Waals surface area contributed by atoms with Crippen LogP contribution in [0.15, 0.2) is 30.3 Å². The Morgan fingerprint density at radius 2 is 1.79 bits per heavy atom. The van der Waals surface area contributed by atoms with Crippen LogP contribution in [0.1, 0.15) is 18.8 Å². The lowest BCUT2D eigenvalue weighted by Crippen LogP contribution is -2.53. The summed E-state index contributed by atoms with van der Waals surface area (Å²) in [4.78, 5) is 35.8. The highest BCUT2D eigenvalue weighted by atomic mass is 31.2. The van der Waals surface area contributed by atoms with Crippen molar-refractivity contribution >= 4 is 15.6 Å². The molecule has 0 bridgehead atoms. The van der Waals surface area contributed by atoms with Gasteiger partial charge in [-0.05, 0) is 6.92 Å². The van der Waals surface area contributed by atoms with E-state index in [0.29, 0.717) is 5.56 Å². The number of hydrogen-bond acceptors (Lipinski definition) is 6. The predicted molar refractivity (Wildman–Crippen MR) is 79.5 cm³/mol. The second kappa shape index (κ2) is 7.31. The zero-order valence-electron chi connectivity index (χ0n) is 12.6. The van der Waals surface area contributed by atoms with E-state index in [1.807, 2.05) is 0 Å². The maximum Gasteiger partial charge on any atom is 0.470 e. The van der Waals surface area contributed by atoms with Gasteiger partial charge in [0.1, 0.15) is 11.7 Å². The molecule has 1 aromatic carbocycles. The average Bonchev–Trinajstić information content (AvgIpc) is 2.44. The van der Waals surface area contributed by atoms with E-state index in [9.17, 15) is 9.13 Å². The molecule has 2 rings (SSSR count). The van der Waals surface area contributed by atoms with E-state index in [2.05, 4.69) is 4.52 Å². The Morgan fingerprint density at radius 1 is 1.17 bits per heavy atom. The molecule has 12 heteroatoms. The van der Waals surface area contributed by atoms with Crippen molar-refractivity contribution in [3.63, 3.8) is 0 Å². The van der Waals surface area contributed by atoms with Crippen molar-refractivity contribution in [3.8, 4) is 0 Å². The first-order valence-electron chi connectivity index (χ1n) is 6.77. The summed E-state index contributed by atoms with van der Waals surface area (Å²) in [7, 11) is -9.70. The topological polar surface area (TPSA) is 152 Å². The van der Waals surface area contributed by atoms with E-state index in [1.165, 1.54) is 6.92 Å². The van der Waals surface area contributed by atoms with Gasteiger partial charge in [-0.15, -0.1) is 0 Å². The average molecular weight is 384 g/mol. The Morgan fingerprint density at radius 3 is 2.33 bits per heavy atom. The molecule has 0 spiro atoms. The van der Waals surface area contributed by atoms with Crippen molar-refractivity contribution in [3.05, 3.63) is 35.9 Å². The van der Waals surface area contributed by atoms with Crippen molar-refractivity contribution in [2.75, 3.05) is 13.2 Å². The minimum absolute atomic E-state index is 0.285. The molecule has 136 valence electrons. The lowest BCUT2D eigenvalue weighted by molar-refractivity contribution is -0.289. The van der Waals surface area contributed by atoms with E-state index in [0.717, 1.165) is 0 Å². The first-order valence-corrected chi connectivity index (χ1v) is 9.83. The molecule has 0 aliphatic carbocycles. The maximum atomic E-state index is 11.2. The van der Waals surface area contributed by atoms with Crippen LogP contribution in [0.25, 0.3) is 0 Å². The van der Waals surface area contributed by atoms with Gasteiger partial charge in [-0.25, -0.2) is 9.13 Å². The summed E-state index contributed by atoms with van der Waals surface area (Å²) in [5.41, 5.74) is -1.05. The van der Waals surface area contributed by atoms with Gasteiger partial charge < -0.3 is 29.0 Å². The van der Waals surface area contributed by atoms with E-state index in [-0.39, 0.29) is 6.61 Å². The molecule has 4 N–H and O–H groups in total. The second-order valence-corrected chi connectivity index (χ2v) is 7.76. The fourth-order valence-corrected chi connectivity index (χ4v) is 3.23. The summed E-state index contributed by atoms with van der Waals surface area (Å²) in [5.74, 6) is 0. The summed E-state index contributed by atoms with van der Waals surface area (Å²) in [5, 5.41) is 0. The van der Waals surface area contributed by atoms with Crippen LogP contribution in [0.2, 0.25) is 0 Å². The summed E-state index contributed by atoms with van der Waals surface area (Å²) < 4.78 is 42.2. The van der Waals surface area contributed by atoms with Crippen LogP contribution in [0.5, 0.6) is 0 Å². The molecule has 0 radical (unpaired) electrons. The highest BCUT2D eigenvalue weighted by Crippen LogP contribution is 2.47. The van der Waals surface area contributed by atoms with Crippen LogP contribution in [0.3, 0.4) is 0 Å². The third kappa shape index (κ3) is 5.72. The van der Waals surface area contributed by atoms with Crippen LogP contribution < -0.4 is 0 Å². The van der Waals surface area contributed by atoms with Gasteiger partial charge in [-0.1, -0.05) is 30.3 Å². The largest absolute Gasteiger partial charge is 0.470 e. The van der Waals surface area contributed by atoms with Gasteiger partial charge in [0.15, 0.2) is 6.29 Å². The highest BCUT2D eigenvalue weighted by molar-refractivity contribution is 7.46. The Labute approximate surface area is 137 Å². The van der Waals surface area contributed by atoms with Crippen LogP contribution in [0, 0.1) is 0 Å². The molecule has 1 heterocycles. The number of benzene rings is 1. The molecular weight excluding hydrogens is 366 g/mol. The van der Waals surface area contributed by atoms with Crippen molar-refractivity contribution in [1.29, 1.82) is 0 Å². The molecule has 1 aliphatic heterocycles. The quantitative estimate of drug-likeness (QED) is 0.524. The number of rotatable bonds is 6. The number of phosphoric acid groups is 2. The molecule has 0 aromatic heterocycles. The Hall–Kier alpha value is -0.640. The summed E-state index contributed by atoms with van der Waals surface area (Å²) in [6.07, 6.45) is -2.10. The minimum atomic E-state index is -4.90. The number of ether oxygens (including phenoxy) is 2. The normalized spacial score (nSPS) is 28.7. The first kappa shape index (κ1) is 19.7. The Bertz CT molecular complexity index is 640. The van der Waals surface area contributed by atoms with E-state index < -0.39 is 40.2 Å². The van der Waals surface area contributed by atoms with Crippen LogP contribution in [-0.4, -0.2) is 44.5 Å². The maximum absolute atomic E-state index is 11.2. The van der Waals surface area contributed by atoms with Crippen LogP contribution in [-0.2, 0) is 27.7 Å². The molecule has 3 atom stereocenters. The molecule has 0 unspecified atom stereocenters. The van der Waals surface area contributed by atoms with Gasteiger partial charge in [-0.2, -0.15) is 0 Å². The van der Waals surface area contributed by atoms with Gasteiger partial charge in [0.25, 0.3) is 0 Å². The van der Waals surface area contributed by atoms with E-state index in [1.54, 1.807) is 30.3 Å². The number of phosphoric ester groups is 2. The fourth-order valence-electron chi connectivity index (χ4n) is 2.19. The Balaban J connectivity index is 2.20. The van der Waals surface area contributed by atoms with Crippen LogP contribution in [0.4, 0.5) is 0 Å². The van der Waals surface area contributed by atoms with Gasteiger partial charge in [0, 0.05) is 5.56 Å². The smallest absolute Gasteiger partial charge is 0.345 e. The fraction of sp³-hybridized carbons (Fsp3) is 0.500. The predicted octanol–water partition coefficient (Wildman–Crippen LogP) is 1.08. The third-order valence-corrected chi connectivity index (χ3v) is 4.42. The molecule has 1 fully saturated rings. The van der Waals surface area contributed by atoms with Crippen LogP contribution >= 0.6 is 15.6 Å². The summed E-state index contributed by atoms with van der Waals surface area (Å²) in [6.45, 7) is 0.362. The third-order valence-electron chi connectivity index (χ3n) is 3.28. The lowest BCUT2D eigenvalue weighted by Gasteiger charge is -2.43. The van der Waals surface area contributed by atoms with Gasteiger partial charge in [-0.3, -0.25) is 9.05 Å². The van der Waals surface area contributed by atoms with Crippen molar-refractivity contribution in [2.45, 2.75) is 24.9 Å². The zero-order valence-corrected chi connectivity index (χ0v) is 14.4. The molecule has 0 saturated carbocycles. The zero-order chi connectivity index (χ0) is 18.0. The second-order valence-electron chi connectivity index (χ2n) is 5.36. The molecule has 0 amide bonds. The van der Waals surface area contributed by atoms with E-state index in [4.69, 9.17) is 33.6 Å². The summed E-state index contributed by atoms with van der Waals surface area (Å²) >= 11 is 0. The number of hydrogen-bond donors (Lipinski definition) is 4.